The molecule has 1 fully saturated rings. The highest BCUT2D eigenvalue weighted by Gasteiger charge is 2.43. The molecule has 1 aliphatic heterocycles. The van der Waals surface area contributed by atoms with Crippen molar-refractivity contribution >= 4 is 0 Å². The largest absolute Gasteiger partial charge is 0.295 e. The van der Waals surface area contributed by atoms with Gasteiger partial charge in [0.05, 0.1) is 12.6 Å². The van der Waals surface area contributed by atoms with E-state index in [1.807, 2.05) is 6.92 Å². The van der Waals surface area contributed by atoms with Gasteiger partial charge in [0, 0.05) is 16.0 Å². The van der Waals surface area contributed by atoms with Crippen molar-refractivity contribution in [3.05, 3.63) is 10.4 Å². The molecule has 17 heavy (non-hydrogen) atoms. The van der Waals surface area contributed by atoms with E-state index in [0.717, 1.165) is 12.8 Å². The summed E-state index contributed by atoms with van der Waals surface area (Å²) >= 11 is 0. The average molecular weight is 240 g/mol. The van der Waals surface area contributed by atoms with Crippen molar-refractivity contribution in [1.82, 2.24) is 5.06 Å². The van der Waals surface area contributed by atoms with E-state index in [0.29, 0.717) is 6.54 Å². The van der Waals surface area contributed by atoms with Crippen molar-refractivity contribution in [3.63, 3.8) is 0 Å². The summed E-state index contributed by atoms with van der Waals surface area (Å²) in [5.74, 6) is 0. The fraction of sp³-hybridized carbons (Fsp3) is 1.00. The summed E-state index contributed by atoms with van der Waals surface area (Å²) in [6.07, 6.45) is 3.41. The van der Waals surface area contributed by atoms with E-state index in [1.165, 1.54) is 6.42 Å². The highest BCUT2D eigenvalue weighted by atomic mass is 16.7. The Hall–Kier alpha value is -0.770. The molecule has 0 aromatic rings. The van der Waals surface area contributed by atoms with Gasteiger partial charge in [-0.1, -0.05) is 5.11 Å². The summed E-state index contributed by atoms with van der Waals surface area (Å²) < 4.78 is 0. The number of nitrogens with zero attached hydrogens (tertiary/aromatic N) is 4. The Labute approximate surface area is 104 Å². The van der Waals surface area contributed by atoms with Gasteiger partial charge in [-0.2, -0.15) is 5.06 Å². The van der Waals surface area contributed by atoms with Gasteiger partial charge < -0.3 is 0 Å². The molecule has 1 aliphatic rings. The smallest absolute Gasteiger partial charge is 0.0821 e. The predicted molar refractivity (Wildman–Crippen MR) is 68.4 cm³/mol. The third-order valence-corrected chi connectivity index (χ3v) is 3.36. The Morgan fingerprint density at radius 2 is 1.82 bits per heavy atom. The Morgan fingerprint density at radius 1 is 1.29 bits per heavy atom. The first-order valence-corrected chi connectivity index (χ1v) is 6.27. The highest BCUT2D eigenvalue weighted by Crippen LogP contribution is 2.38. The zero-order chi connectivity index (χ0) is 13.1. The molecule has 0 saturated carbocycles. The zero-order valence-electron chi connectivity index (χ0n) is 11.6. The minimum absolute atomic E-state index is 0.0341. The van der Waals surface area contributed by atoms with Crippen LogP contribution < -0.4 is 0 Å². The van der Waals surface area contributed by atoms with Crippen LogP contribution in [0.4, 0.5) is 0 Å². The Kier molecular flexibility index (Phi) is 4.42. The first-order valence-electron chi connectivity index (χ1n) is 6.27. The lowest BCUT2D eigenvalue weighted by atomic mass is 9.82. The monoisotopic (exact) mass is 240 g/mol. The van der Waals surface area contributed by atoms with E-state index in [9.17, 15) is 0 Å². The van der Waals surface area contributed by atoms with Gasteiger partial charge in [-0.05, 0) is 59.4 Å². The van der Waals surface area contributed by atoms with E-state index in [-0.39, 0.29) is 17.2 Å². The maximum absolute atomic E-state index is 8.32. The molecule has 0 N–H and O–H groups in total. The quantitative estimate of drug-likeness (QED) is 0.427. The fourth-order valence-corrected chi connectivity index (χ4v) is 2.63. The molecular weight excluding hydrogens is 216 g/mol. The summed E-state index contributed by atoms with van der Waals surface area (Å²) in [6.45, 7) is 11.1. The molecule has 0 amide bonds. The molecule has 1 heterocycles. The van der Waals surface area contributed by atoms with Crippen LogP contribution >= 0.6 is 0 Å². The third-order valence-electron chi connectivity index (χ3n) is 3.36. The third kappa shape index (κ3) is 3.60. The zero-order valence-corrected chi connectivity index (χ0v) is 11.6. The lowest BCUT2D eigenvalue weighted by Crippen LogP contribution is -2.59. The molecule has 1 atom stereocenters. The van der Waals surface area contributed by atoms with E-state index >= 15 is 0 Å². The number of hydrogen-bond donors (Lipinski definition) is 0. The summed E-state index contributed by atoms with van der Waals surface area (Å²) in [7, 11) is 0. The molecule has 0 aromatic heterocycles. The normalized spacial score (nSPS) is 25.0. The SMILES string of the molecule is CC(CN=[N+]=[N-])ON1C(C)(C)CCCC1(C)C. The number of hydrogen-bond acceptors (Lipinski definition) is 3. The predicted octanol–water partition coefficient (Wildman–Crippen LogP) is 3.66. The van der Waals surface area contributed by atoms with Gasteiger partial charge in [0.2, 0.25) is 0 Å². The second kappa shape index (κ2) is 5.25. The second-order valence-corrected chi connectivity index (χ2v) is 6.10. The minimum atomic E-state index is -0.0810. The topological polar surface area (TPSA) is 61.2 Å². The van der Waals surface area contributed by atoms with Crippen molar-refractivity contribution < 1.29 is 4.84 Å². The van der Waals surface area contributed by atoms with E-state index in [1.54, 1.807) is 0 Å². The van der Waals surface area contributed by atoms with Crippen molar-refractivity contribution in [2.24, 2.45) is 5.11 Å². The van der Waals surface area contributed by atoms with Crippen molar-refractivity contribution in [1.29, 1.82) is 0 Å². The maximum atomic E-state index is 8.32. The summed E-state index contributed by atoms with van der Waals surface area (Å²) in [5.41, 5.74) is 8.38. The average Bonchev–Trinajstić information content (AvgIpc) is 2.20. The first kappa shape index (κ1) is 14.3. The van der Waals surface area contributed by atoms with E-state index in [2.05, 4.69) is 42.8 Å². The lowest BCUT2D eigenvalue weighted by Gasteiger charge is -2.52. The molecular formula is C12H24N4O. The molecule has 5 heteroatoms. The van der Waals surface area contributed by atoms with Crippen LogP contribution in [0.3, 0.4) is 0 Å². The van der Waals surface area contributed by atoms with Crippen LogP contribution in [0.5, 0.6) is 0 Å². The van der Waals surface area contributed by atoms with Crippen LogP contribution in [0.1, 0.15) is 53.9 Å². The molecule has 0 aliphatic carbocycles. The number of piperidine rings is 1. The molecule has 1 unspecified atom stereocenters. The van der Waals surface area contributed by atoms with Gasteiger partial charge in [0.1, 0.15) is 0 Å². The van der Waals surface area contributed by atoms with Gasteiger partial charge >= 0.3 is 0 Å². The van der Waals surface area contributed by atoms with Crippen molar-refractivity contribution in [3.8, 4) is 0 Å². The van der Waals surface area contributed by atoms with Crippen molar-refractivity contribution in [2.75, 3.05) is 6.54 Å². The van der Waals surface area contributed by atoms with Gasteiger partial charge in [0.15, 0.2) is 0 Å². The molecule has 1 saturated heterocycles. The van der Waals surface area contributed by atoms with Crippen molar-refractivity contribution in [2.45, 2.75) is 71.1 Å². The number of rotatable bonds is 4. The van der Waals surface area contributed by atoms with Crippen LogP contribution in [0.15, 0.2) is 5.11 Å². The Morgan fingerprint density at radius 3 is 2.29 bits per heavy atom. The number of azide groups is 1. The van der Waals surface area contributed by atoms with E-state index < -0.39 is 0 Å². The Bertz CT molecular complexity index is 292. The summed E-state index contributed by atoms with van der Waals surface area (Å²) in [5, 5.41) is 5.66. The Balaban J connectivity index is 2.72. The fourth-order valence-electron chi connectivity index (χ4n) is 2.63. The van der Waals surface area contributed by atoms with Gasteiger partial charge in [0.25, 0.3) is 0 Å². The molecule has 5 nitrogen and oxygen atoms in total. The summed E-state index contributed by atoms with van der Waals surface area (Å²) in [4.78, 5) is 8.76. The lowest BCUT2D eigenvalue weighted by molar-refractivity contribution is -0.299. The molecule has 0 bridgehead atoms. The molecule has 1 rings (SSSR count). The van der Waals surface area contributed by atoms with Crippen LogP contribution in [0, 0.1) is 0 Å². The molecule has 0 spiro atoms. The van der Waals surface area contributed by atoms with Crippen LogP contribution in [0.2, 0.25) is 0 Å². The van der Waals surface area contributed by atoms with Crippen LogP contribution in [-0.2, 0) is 4.84 Å². The van der Waals surface area contributed by atoms with Crippen LogP contribution in [-0.4, -0.2) is 28.8 Å². The standard InChI is InChI=1S/C12H24N4O/c1-10(9-14-15-13)17-16-11(2,3)7-6-8-12(16,4)5/h10H,6-9H2,1-5H3. The number of hydroxylamine groups is 2. The van der Waals surface area contributed by atoms with Gasteiger partial charge in [-0.25, -0.2) is 0 Å². The molecule has 0 radical (unpaired) electrons. The van der Waals surface area contributed by atoms with Crippen LogP contribution in [0.25, 0.3) is 10.4 Å². The molecule has 98 valence electrons. The molecule has 0 aromatic carbocycles. The highest BCUT2D eigenvalue weighted by molar-refractivity contribution is 4.93. The minimum Gasteiger partial charge on any atom is -0.295 e. The van der Waals surface area contributed by atoms with Gasteiger partial charge in [-0.15, -0.1) is 0 Å². The van der Waals surface area contributed by atoms with E-state index in [4.69, 9.17) is 10.4 Å². The maximum Gasteiger partial charge on any atom is 0.0821 e. The first-order chi connectivity index (χ1) is 7.79. The summed E-state index contributed by atoms with van der Waals surface area (Å²) in [6, 6.07) is 0. The van der Waals surface area contributed by atoms with Gasteiger partial charge in [-0.3, -0.25) is 4.84 Å². The second-order valence-electron chi connectivity index (χ2n) is 6.10.